The predicted molar refractivity (Wildman–Crippen MR) is 129 cm³/mol. The Labute approximate surface area is 197 Å². The van der Waals surface area contributed by atoms with Gasteiger partial charge in [0, 0.05) is 19.0 Å². The average Bonchev–Trinajstić information content (AvgIpc) is 3.10. The summed E-state index contributed by atoms with van der Waals surface area (Å²) >= 11 is 2.34. The molecule has 0 saturated carbocycles. The fourth-order valence-electron chi connectivity index (χ4n) is 3.39. The Morgan fingerprint density at radius 1 is 1.18 bits per heavy atom. The Hall–Kier alpha value is -2.99. The molecule has 0 saturated heterocycles. The number of nitrogens with zero attached hydrogens (tertiary/aromatic N) is 4. The molecule has 0 radical (unpaired) electrons. The van der Waals surface area contributed by atoms with Crippen LogP contribution in [0.5, 0.6) is 0 Å². The number of anilines is 1. The third-order valence-electron chi connectivity index (χ3n) is 4.98. The SMILES string of the molecule is CCCn1c(N)c(C(=O)CSc2nc(C)nc3sc(C(=O)OCC)c(C)c23)c(=O)n(C)c1=O. The Morgan fingerprint density at radius 3 is 2.52 bits per heavy atom. The van der Waals surface area contributed by atoms with Crippen molar-refractivity contribution < 1.29 is 14.3 Å². The Kier molecular flexibility index (Phi) is 7.38. The van der Waals surface area contributed by atoms with Gasteiger partial charge in [-0.25, -0.2) is 19.6 Å². The molecule has 12 heteroatoms. The molecule has 0 unspecified atom stereocenters. The van der Waals surface area contributed by atoms with Crippen molar-refractivity contribution in [1.29, 1.82) is 0 Å². The number of Topliss-reactive ketones (excluding diaryl/α,β-unsaturated/α-hetero) is 1. The minimum absolute atomic E-state index is 0.126. The summed E-state index contributed by atoms with van der Waals surface area (Å²) < 4.78 is 7.26. The molecule has 3 heterocycles. The molecule has 0 bridgehead atoms. The van der Waals surface area contributed by atoms with Crippen LogP contribution in [-0.4, -0.2) is 43.2 Å². The first-order valence-corrected chi connectivity index (χ1v) is 12.1. The zero-order valence-electron chi connectivity index (χ0n) is 19.1. The van der Waals surface area contributed by atoms with E-state index in [0.717, 1.165) is 16.3 Å². The molecular formula is C21H25N5O5S2. The average molecular weight is 492 g/mol. The fourth-order valence-corrected chi connectivity index (χ4v) is 5.58. The zero-order valence-corrected chi connectivity index (χ0v) is 20.7. The van der Waals surface area contributed by atoms with Gasteiger partial charge in [-0.3, -0.25) is 18.7 Å². The van der Waals surface area contributed by atoms with Crippen molar-refractivity contribution in [3.63, 3.8) is 0 Å². The lowest BCUT2D eigenvalue weighted by Crippen LogP contribution is -2.42. The van der Waals surface area contributed by atoms with Gasteiger partial charge in [0.1, 0.15) is 31.9 Å². The molecule has 0 spiro atoms. The molecule has 10 nitrogen and oxygen atoms in total. The lowest BCUT2D eigenvalue weighted by molar-refractivity contribution is 0.0531. The van der Waals surface area contributed by atoms with Crippen LogP contribution in [0.4, 0.5) is 5.82 Å². The molecule has 0 aromatic carbocycles. The number of aromatic nitrogens is 4. The van der Waals surface area contributed by atoms with Crippen LogP contribution in [0.3, 0.4) is 0 Å². The molecule has 0 aliphatic heterocycles. The molecule has 176 valence electrons. The first kappa shape index (κ1) is 24.6. The first-order valence-electron chi connectivity index (χ1n) is 10.3. The number of carbonyl (C=O) groups excluding carboxylic acids is 2. The molecule has 0 aliphatic carbocycles. The number of rotatable bonds is 8. The predicted octanol–water partition coefficient (Wildman–Crippen LogP) is 2.31. The van der Waals surface area contributed by atoms with Gasteiger partial charge in [0.05, 0.1) is 12.4 Å². The van der Waals surface area contributed by atoms with Crippen molar-refractivity contribution in [1.82, 2.24) is 19.1 Å². The molecule has 0 atom stereocenters. The second kappa shape index (κ2) is 9.87. The third kappa shape index (κ3) is 4.58. The van der Waals surface area contributed by atoms with Crippen LogP contribution in [0.15, 0.2) is 14.6 Å². The van der Waals surface area contributed by atoms with Gasteiger partial charge in [0.2, 0.25) is 0 Å². The third-order valence-corrected chi connectivity index (χ3v) is 7.12. The highest BCUT2D eigenvalue weighted by atomic mass is 32.2. The quantitative estimate of drug-likeness (QED) is 0.218. The van der Waals surface area contributed by atoms with E-state index < -0.39 is 23.0 Å². The molecule has 0 aliphatic rings. The Balaban J connectivity index is 2.00. The lowest BCUT2D eigenvalue weighted by atomic mass is 10.2. The smallest absolute Gasteiger partial charge is 0.348 e. The maximum atomic E-state index is 13.0. The summed E-state index contributed by atoms with van der Waals surface area (Å²) in [4.78, 5) is 60.3. The standard InChI is InChI=1S/C21H25N5O5S2/c1-6-8-26-16(22)14(19(28)25(5)21(26)30)12(27)9-32-17-13-10(3)15(20(29)31-7-2)33-18(13)24-11(4)23-17/h6-9,22H2,1-5H3. The van der Waals surface area contributed by atoms with Gasteiger partial charge in [0.15, 0.2) is 5.78 Å². The number of nitrogens with two attached hydrogens (primary N) is 1. The van der Waals surface area contributed by atoms with E-state index in [2.05, 4.69) is 9.97 Å². The molecule has 0 fully saturated rings. The van der Waals surface area contributed by atoms with Gasteiger partial charge in [0.25, 0.3) is 5.56 Å². The van der Waals surface area contributed by atoms with Crippen molar-refractivity contribution in [2.24, 2.45) is 7.05 Å². The number of ether oxygens (including phenoxy) is 1. The zero-order chi connectivity index (χ0) is 24.4. The van der Waals surface area contributed by atoms with Crippen LogP contribution in [0.2, 0.25) is 0 Å². The Bertz CT molecular complexity index is 1370. The van der Waals surface area contributed by atoms with Crippen molar-refractivity contribution >= 4 is 50.9 Å². The molecule has 3 aromatic heterocycles. The number of hydrogen-bond acceptors (Lipinski definition) is 10. The van der Waals surface area contributed by atoms with E-state index in [9.17, 15) is 19.2 Å². The van der Waals surface area contributed by atoms with E-state index in [1.54, 1.807) is 20.8 Å². The number of carbonyl (C=O) groups is 2. The molecule has 3 rings (SSSR count). The van der Waals surface area contributed by atoms with Crippen molar-refractivity contribution in [2.75, 3.05) is 18.1 Å². The van der Waals surface area contributed by atoms with E-state index in [4.69, 9.17) is 10.5 Å². The maximum absolute atomic E-state index is 13.0. The molecule has 33 heavy (non-hydrogen) atoms. The van der Waals surface area contributed by atoms with Crippen LogP contribution < -0.4 is 17.0 Å². The summed E-state index contributed by atoms with van der Waals surface area (Å²) in [7, 11) is 1.32. The highest BCUT2D eigenvalue weighted by Gasteiger charge is 2.24. The minimum atomic E-state index is -0.726. The normalized spacial score (nSPS) is 11.2. The maximum Gasteiger partial charge on any atom is 0.348 e. The lowest BCUT2D eigenvalue weighted by Gasteiger charge is -2.13. The van der Waals surface area contributed by atoms with E-state index in [1.165, 1.54) is 23.0 Å². The summed E-state index contributed by atoms with van der Waals surface area (Å²) in [5.41, 5.74) is 5.24. The van der Waals surface area contributed by atoms with Crippen molar-refractivity contribution in [2.45, 2.75) is 45.7 Å². The number of fused-ring (bicyclic) bond motifs is 1. The second-order valence-corrected chi connectivity index (χ2v) is 9.27. The van der Waals surface area contributed by atoms with Gasteiger partial charge in [-0.15, -0.1) is 11.3 Å². The summed E-state index contributed by atoms with van der Waals surface area (Å²) in [6.45, 7) is 7.65. The monoisotopic (exact) mass is 491 g/mol. The van der Waals surface area contributed by atoms with Gasteiger partial charge in [-0.05, 0) is 32.8 Å². The number of thioether (sulfide) groups is 1. The van der Waals surface area contributed by atoms with Gasteiger partial charge in [-0.2, -0.15) is 0 Å². The van der Waals surface area contributed by atoms with Crippen LogP contribution in [-0.2, 0) is 18.3 Å². The van der Waals surface area contributed by atoms with Gasteiger partial charge < -0.3 is 10.5 Å². The number of hydrogen-bond donors (Lipinski definition) is 1. The first-order chi connectivity index (χ1) is 15.6. The molecular weight excluding hydrogens is 466 g/mol. The Morgan fingerprint density at radius 2 is 1.88 bits per heavy atom. The summed E-state index contributed by atoms with van der Waals surface area (Å²) in [5.74, 6) is -0.709. The fraction of sp³-hybridized carbons (Fsp3) is 0.429. The number of aryl methyl sites for hydroxylation is 2. The topological polar surface area (TPSA) is 139 Å². The van der Waals surface area contributed by atoms with E-state index in [-0.39, 0.29) is 23.7 Å². The number of nitrogen functional groups attached to an aromatic ring is 1. The summed E-state index contributed by atoms with van der Waals surface area (Å²) in [6.07, 6.45) is 0.614. The highest BCUT2D eigenvalue weighted by Crippen LogP contribution is 2.36. The number of esters is 1. The summed E-state index contributed by atoms with van der Waals surface area (Å²) in [5, 5.41) is 1.19. The van der Waals surface area contributed by atoms with Crippen LogP contribution in [0, 0.1) is 13.8 Å². The van der Waals surface area contributed by atoms with E-state index in [1.807, 2.05) is 6.92 Å². The molecule has 0 amide bonds. The van der Waals surface area contributed by atoms with Crippen LogP contribution >= 0.6 is 23.1 Å². The van der Waals surface area contributed by atoms with Crippen LogP contribution in [0.25, 0.3) is 10.2 Å². The van der Waals surface area contributed by atoms with Gasteiger partial charge in [-0.1, -0.05) is 18.7 Å². The van der Waals surface area contributed by atoms with Gasteiger partial charge >= 0.3 is 11.7 Å². The van der Waals surface area contributed by atoms with E-state index in [0.29, 0.717) is 44.5 Å². The molecule has 2 N–H and O–H groups in total. The van der Waals surface area contributed by atoms with Crippen molar-refractivity contribution in [3.8, 4) is 0 Å². The molecule has 3 aromatic rings. The van der Waals surface area contributed by atoms with Crippen molar-refractivity contribution in [3.05, 3.63) is 42.7 Å². The second-order valence-electron chi connectivity index (χ2n) is 7.30. The highest BCUT2D eigenvalue weighted by molar-refractivity contribution is 8.00. The minimum Gasteiger partial charge on any atom is -0.462 e. The van der Waals surface area contributed by atoms with E-state index >= 15 is 0 Å². The largest absolute Gasteiger partial charge is 0.462 e. The number of ketones is 1. The van der Waals surface area contributed by atoms with Crippen LogP contribution in [0.1, 0.15) is 51.7 Å². The number of thiophene rings is 1. The summed E-state index contributed by atoms with van der Waals surface area (Å²) in [6, 6.07) is 0.